The van der Waals surface area contributed by atoms with Gasteiger partial charge in [-0.2, -0.15) is 12.7 Å². The van der Waals surface area contributed by atoms with Gasteiger partial charge < -0.3 is 0 Å². The maximum absolute atomic E-state index is 12.2. The second-order valence-corrected chi connectivity index (χ2v) is 8.76. The predicted octanol–water partition coefficient (Wildman–Crippen LogP) is 2.12. The van der Waals surface area contributed by atoms with E-state index in [9.17, 15) is 8.42 Å². The summed E-state index contributed by atoms with van der Waals surface area (Å²) in [6.45, 7) is 7.95. The van der Waals surface area contributed by atoms with Crippen LogP contribution in [0.3, 0.4) is 0 Å². The molecule has 120 valence electrons. The molecule has 0 aliphatic carbocycles. The van der Waals surface area contributed by atoms with E-state index in [0.29, 0.717) is 32.0 Å². The minimum atomic E-state index is -3.34. The molecule has 0 spiro atoms. The van der Waals surface area contributed by atoms with Gasteiger partial charge in [-0.1, -0.05) is 13.8 Å². The molecule has 1 aromatic rings. The fourth-order valence-corrected chi connectivity index (χ4v) is 5.05. The van der Waals surface area contributed by atoms with Crippen molar-refractivity contribution in [3.05, 3.63) is 15.6 Å². The molecule has 1 aliphatic rings. The molecule has 0 amide bonds. The van der Waals surface area contributed by atoms with Gasteiger partial charge >= 0.3 is 0 Å². The van der Waals surface area contributed by atoms with Gasteiger partial charge in [0.1, 0.15) is 0 Å². The maximum atomic E-state index is 12.2. The van der Waals surface area contributed by atoms with Crippen LogP contribution in [0.4, 0.5) is 0 Å². The third kappa shape index (κ3) is 4.48. The van der Waals surface area contributed by atoms with Crippen LogP contribution in [0, 0.1) is 12.8 Å². The Balaban J connectivity index is 1.86. The van der Waals surface area contributed by atoms with Crippen molar-refractivity contribution < 1.29 is 8.42 Å². The van der Waals surface area contributed by atoms with Gasteiger partial charge in [-0.15, -0.1) is 11.3 Å². The molecular formula is C14H25N3O2S2. The molecule has 1 N–H and O–H groups in total. The van der Waals surface area contributed by atoms with Gasteiger partial charge in [0.05, 0.1) is 10.7 Å². The molecule has 1 unspecified atom stereocenters. The normalized spacial score (nSPS) is 20.8. The molecule has 1 aromatic heterocycles. The Morgan fingerprint density at radius 2 is 2.24 bits per heavy atom. The first-order chi connectivity index (χ1) is 9.92. The number of piperidine rings is 1. The Hall–Kier alpha value is -0.500. The monoisotopic (exact) mass is 331 g/mol. The van der Waals surface area contributed by atoms with E-state index in [4.69, 9.17) is 0 Å². The molecule has 1 saturated heterocycles. The molecule has 1 atom stereocenters. The highest BCUT2D eigenvalue weighted by Crippen LogP contribution is 2.19. The lowest BCUT2D eigenvalue weighted by molar-refractivity contribution is 0.278. The van der Waals surface area contributed by atoms with Crippen molar-refractivity contribution in [2.24, 2.45) is 5.92 Å². The zero-order valence-electron chi connectivity index (χ0n) is 13.1. The van der Waals surface area contributed by atoms with E-state index in [-0.39, 0.29) is 0 Å². The molecule has 5 nitrogen and oxygen atoms in total. The zero-order chi connectivity index (χ0) is 15.5. The van der Waals surface area contributed by atoms with E-state index in [2.05, 4.69) is 30.5 Å². The summed E-state index contributed by atoms with van der Waals surface area (Å²) < 4.78 is 28.8. The van der Waals surface area contributed by atoms with Gasteiger partial charge in [0.2, 0.25) is 0 Å². The van der Waals surface area contributed by atoms with E-state index >= 15 is 0 Å². The molecule has 1 fully saturated rings. The molecule has 0 saturated carbocycles. The standard InChI is InChI=1S/C14H25N3O2S2/c1-4-13-12(3)20-14(16-13)7-8-15-21(18,19)17-9-5-6-11(2)10-17/h11,15H,4-10H2,1-3H3. The number of thiazole rings is 1. The fraction of sp³-hybridized carbons (Fsp3) is 0.786. The summed E-state index contributed by atoms with van der Waals surface area (Å²) in [6.07, 6.45) is 3.66. The van der Waals surface area contributed by atoms with Crippen LogP contribution in [0.25, 0.3) is 0 Å². The SMILES string of the molecule is CCc1nc(CCNS(=O)(=O)N2CCCC(C)C2)sc1C. The van der Waals surface area contributed by atoms with E-state index in [1.807, 2.05) is 0 Å². The lowest BCUT2D eigenvalue weighted by Crippen LogP contribution is -2.46. The number of rotatable bonds is 6. The molecular weight excluding hydrogens is 306 g/mol. The molecule has 2 rings (SSSR count). The largest absolute Gasteiger partial charge is 0.279 e. The molecule has 7 heteroatoms. The van der Waals surface area contributed by atoms with Crippen molar-refractivity contribution in [1.29, 1.82) is 0 Å². The summed E-state index contributed by atoms with van der Waals surface area (Å²) in [5, 5.41) is 1.01. The lowest BCUT2D eigenvalue weighted by Gasteiger charge is -2.29. The molecule has 0 radical (unpaired) electrons. The molecule has 0 bridgehead atoms. The second kappa shape index (κ2) is 7.17. The van der Waals surface area contributed by atoms with Gasteiger partial charge in [0.25, 0.3) is 10.2 Å². The van der Waals surface area contributed by atoms with E-state index < -0.39 is 10.2 Å². The molecule has 0 aromatic carbocycles. The first-order valence-electron chi connectivity index (χ1n) is 7.62. The van der Waals surface area contributed by atoms with Crippen LogP contribution in [-0.4, -0.2) is 37.3 Å². The Morgan fingerprint density at radius 1 is 1.48 bits per heavy atom. The fourth-order valence-electron chi connectivity index (χ4n) is 2.67. The Labute approximate surface area is 132 Å². The topological polar surface area (TPSA) is 62.3 Å². The minimum absolute atomic E-state index is 0.420. The summed E-state index contributed by atoms with van der Waals surface area (Å²) >= 11 is 1.67. The third-order valence-corrected chi connectivity index (χ3v) is 6.51. The predicted molar refractivity (Wildman–Crippen MR) is 86.8 cm³/mol. The Bertz CT molecular complexity index is 569. The third-order valence-electron chi connectivity index (χ3n) is 3.85. The number of hydrogen-bond acceptors (Lipinski definition) is 4. The van der Waals surface area contributed by atoms with Crippen LogP contribution < -0.4 is 4.72 Å². The van der Waals surface area contributed by atoms with E-state index in [0.717, 1.165) is 30.0 Å². The smallest absolute Gasteiger partial charge is 0.246 e. The highest BCUT2D eigenvalue weighted by molar-refractivity contribution is 7.87. The molecule has 2 heterocycles. The first-order valence-corrected chi connectivity index (χ1v) is 9.88. The average Bonchev–Trinajstić information content (AvgIpc) is 2.79. The van der Waals surface area contributed by atoms with Crippen molar-refractivity contribution in [3.8, 4) is 0 Å². The molecule has 21 heavy (non-hydrogen) atoms. The summed E-state index contributed by atoms with van der Waals surface area (Å²) in [6, 6.07) is 0. The maximum Gasteiger partial charge on any atom is 0.279 e. The van der Waals surface area contributed by atoms with Crippen LogP contribution in [0.5, 0.6) is 0 Å². The summed E-state index contributed by atoms with van der Waals surface area (Å²) in [7, 11) is -3.34. The van der Waals surface area contributed by atoms with Crippen LogP contribution >= 0.6 is 11.3 Å². The highest BCUT2D eigenvalue weighted by atomic mass is 32.2. The number of nitrogens with one attached hydrogen (secondary N) is 1. The highest BCUT2D eigenvalue weighted by Gasteiger charge is 2.26. The Kier molecular flexibility index (Phi) is 5.76. The summed E-state index contributed by atoms with van der Waals surface area (Å²) in [5.74, 6) is 0.448. The number of hydrogen-bond donors (Lipinski definition) is 1. The van der Waals surface area contributed by atoms with Gasteiger partial charge in [-0.3, -0.25) is 0 Å². The first kappa shape index (κ1) is 16.9. The van der Waals surface area contributed by atoms with Crippen molar-refractivity contribution in [2.75, 3.05) is 19.6 Å². The number of aryl methyl sites for hydroxylation is 2. The minimum Gasteiger partial charge on any atom is -0.246 e. The van der Waals surface area contributed by atoms with Crippen LogP contribution in [0.2, 0.25) is 0 Å². The van der Waals surface area contributed by atoms with Crippen molar-refractivity contribution in [3.63, 3.8) is 0 Å². The Morgan fingerprint density at radius 3 is 2.86 bits per heavy atom. The van der Waals surface area contributed by atoms with Crippen LogP contribution in [0.15, 0.2) is 0 Å². The van der Waals surface area contributed by atoms with Gasteiger partial charge in [-0.05, 0) is 32.1 Å². The van der Waals surface area contributed by atoms with Gasteiger partial charge in [0.15, 0.2) is 0 Å². The number of aromatic nitrogens is 1. The quantitative estimate of drug-likeness (QED) is 0.868. The van der Waals surface area contributed by atoms with Crippen LogP contribution in [-0.2, 0) is 23.1 Å². The van der Waals surface area contributed by atoms with Crippen molar-refractivity contribution in [2.45, 2.75) is 46.5 Å². The molecule has 1 aliphatic heterocycles. The van der Waals surface area contributed by atoms with Gasteiger partial charge in [0, 0.05) is 30.9 Å². The van der Waals surface area contributed by atoms with Crippen molar-refractivity contribution >= 4 is 21.5 Å². The van der Waals surface area contributed by atoms with Crippen molar-refractivity contribution in [1.82, 2.24) is 14.0 Å². The van der Waals surface area contributed by atoms with E-state index in [1.54, 1.807) is 15.6 Å². The number of nitrogens with zero attached hydrogens (tertiary/aromatic N) is 2. The summed E-state index contributed by atoms with van der Waals surface area (Å²) in [4.78, 5) is 5.78. The zero-order valence-corrected chi connectivity index (χ0v) is 14.7. The van der Waals surface area contributed by atoms with Crippen LogP contribution in [0.1, 0.15) is 42.3 Å². The van der Waals surface area contributed by atoms with E-state index in [1.165, 1.54) is 4.88 Å². The summed E-state index contributed by atoms with van der Waals surface area (Å²) in [5.41, 5.74) is 1.13. The average molecular weight is 332 g/mol. The second-order valence-electron chi connectivity index (χ2n) is 5.72. The van der Waals surface area contributed by atoms with Gasteiger partial charge in [-0.25, -0.2) is 9.71 Å². The lowest BCUT2D eigenvalue weighted by atomic mass is 10.0.